The number of benzene rings is 2. The molecule has 0 amide bonds. The number of methoxy groups -OCH3 is 1. The first-order valence-corrected chi connectivity index (χ1v) is 10.4. The molecule has 1 heterocycles. The van der Waals surface area contributed by atoms with Gasteiger partial charge in [0.25, 0.3) is 0 Å². The Bertz CT molecular complexity index is 1140. The number of ether oxygens (including phenoxy) is 1. The maximum atomic E-state index is 12.7. The van der Waals surface area contributed by atoms with E-state index in [1.165, 1.54) is 41.7 Å². The van der Waals surface area contributed by atoms with Crippen molar-refractivity contribution in [2.45, 2.75) is 4.90 Å². The van der Waals surface area contributed by atoms with Crippen molar-refractivity contribution in [2.24, 2.45) is 0 Å². The molecule has 3 aromatic rings. The van der Waals surface area contributed by atoms with E-state index in [2.05, 4.69) is 4.98 Å². The van der Waals surface area contributed by atoms with Crippen LogP contribution in [0, 0.1) is 11.3 Å². The number of aromatic nitrogens is 1. The molecule has 0 atom stereocenters. The molecule has 0 saturated carbocycles. The molecular formula is C19H13ClN2O3S2. The molecule has 0 radical (unpaired) electrons. The number of nitriles is 1. The topological polar surface area (TPSA) is 80.0 Å². The van der Waals surface area contributed by atoms with E-state index in [9.17, 15) is 13.7 Å². The van der Waals surface area contributed by atoms with Gasteiger partial charge in [-0.3, -0.25) is 0 Å². The number of halogens is 1. The summed E-state index contributed by atoms with van der Waals surface area (Å²) in [6, 6.07) is 14.8. The molecule has 5 nitrogen and oxygen atoms in total. The van der Waals surface area contributed by atoms with E-state index in [1.807, 2.05) is 24.3 Å². The average molecular weight is 417 g/mol. The lowest BCUT2D eigenvalue weighted by atomic mass is 10.2. The smallest absolute Gasteiger partial charge is 0.216 e. The normalized spacial score (nSPS) is 11.8. The van der Waals surface area contributed by atoms with Gasteiger partial charge in [-0.2, -0.15) is 5.26 Å². The highest BCUT2D eigenvalue weighted by Gasteiger charge is 2.21. The zero-order valence-electron chi connectivity index (χ0n) is 14.1. The molecule has 136 valence electrons. The van der Waals surface area contributed by atoms with Crippen molar-refractivity contribution in [2.75, 3.05) is 7.11 Å². The van der Waals surface area contributed by atoms with Gasteiger partial charge in [-0.25, -0.2) is 13.4 Å². The number of thiazole rings is 1. The second-order valence-corrected chi connectivity index (χ2v) is 8.60. The Kier molecular flexibility index (Phi) is 5.61. The van der Waals surface area contributed by atoms with Gasteiger partial charge in [0.1, 0.15) is 16.8 Å². The highest BCUT2D eigenvalue weighted by Crippen LogP contribution is 2.29. The van der Waals surface area contributed by atoms with Crippen molar-refractivity contribution < 1.29 is 13.2 Å². The Labute approximate surface area is 166 Å². The van der Waals surface area contributed by atoms with Crippen LogP contribution in [-0.4, -0.2) is 20.5 Å². The summed E-state index contributed by atoms with van der Waals surface area (Å²) < 4.78 is 30.5. The highest BCUT2D eigenvalue weighted by molar-refractivity contribution is 7.95. The first-order chi connectivity index (χ1) is 12.9. The highest BCUT2D eigenvalue weighted by atomic mass is 35.5. The van der Waals surface area contributed by atoms with Crippen molar-refractivity contribution in [3.8, 4) is 22.4 Å². The summed E-state index contributed by atoms with van der Waals surface area (Å²) in [4.78, 5) is 4.04. The van der Waals surface area contributed by atoms with Gasteiger partial charge in [-0.05, 0) is 42.5 Å². The van der Waals surface area contributed by atoms with Crippen LogP contribution >= 0.6 is 22.9 Å². The summed E-state index contributed by atoms with van der Waals surface area (Å²) in [5, 5.41) is 12.2. The molecule has 0 fully saturated rings. The summed E-state index contributed by atoms with van der Waals surface area (Å²) in [5.41, 5.74) is 1.24. The maximum absolute atomic E-state index is 12.7. The van der Waals surface area contributed by atoms with Crippen molar-refractivity contribution in [1.29, 1.82) is 5.26 Å². The molecule has 0 bridgehead atoms. The monoisotopic (exact) mass is 416 g/mol. The van der Waals surface area contributed by atoms with E-state index in [1.54, 1.807) is 18.6 Å². The van der Waals surface area contributed by atoms with Crippen LogP contribution in [0.5, 0.6) is 5.75 Å². The lowest BCUT2D eigenvalue weighted by Gasteiger charge is -2.02. The molecule has 27 heavy (non-hydrogen) atoms. The van der Waals surface area contributed by atoms with E-state index in [4.69, 9.17) is 16.3 Å². The third kappa shape index (κ3) is 4.19. The van der Waals surface area contributed by atoms with Gasteiger partial charge < -0.3 is 4.74 Å². The minimum Gasteiger partial charge on any atom is -0.497 e. The predicted octanol–water partition coefficient (Wildman–Crippen LogP) is 4.81. The number of allylic oxidation sites excluding steroid dienone is 1. The molecule has 0 aliphatic heterocycles. The van der Waals surface area contributed by atoms with Crippen LogP contribution in [0.15, 0.2) is 63.7 Å². The summed E-state index contributed by atoms with van der Waals surface area (Å²) in [6.07, 6.45) is 1.27. The lowest BCUT2D eigenvalue weighted by molar-refractivity contribution is 0.415. The largest absolute Gasteiger partial charge is 0.497 e. The fourth-order valence-electron chi connectivity index (χ4n) is 2.29. The average Bonchev–Trinajstić information content (AvgIpc) is 3.15. The van der Waals surface area contributed by atoms with E-state index >= 15 is 0 Å². The quantitative estimate of drug-likeness (QED) is 0.557. The second kappa shape index (κ2) is 7.92. The van der Waals surface area contributed by atoms with Gasteiger partial charge in [-0.1, -0.05) is 23.7 Å². The van der Waals surface area contributed by atoms with Crippen LogP contribution < -0.4 is 4.74 Å². The van der Waals surface area contributed by atoms with Crippen molar-refractivity contribution >= 4 is 38.9 Å². The third-order valence-corrected chi connectivity index (χ3v) is 6.48. The van der Waals surface area contributed by atoms with E-state index in [0.717, 1.165) is 5.56 Å². The van der Waals surface area contributed by atoms with Gasteiger partial charge in [-0.15, -0.1) is 11.3 Å². The molecular weight excluding hydrogens is 404 g/mol. The number of hydrogen-bond acceptors (Lipinski definition) is 6. The SMILES string of the molecule is COc1cccc(-c2nc(/C=C(\C#N)S(=O)(=O)c3ccc(Cl)cc3)cs2)c1. The fourth-order valence-corrected chi connectivity index (χ4v) is 4.33. The van der Waals surface area contributed by atoms with E-state index < -0.39 is 9.84 Å². The van der Waals surface area contributed by atoms with Crippen LogP contribution in [0.4, 0.5) is 0 Å². The van der Waals surface area contributed by atoms with Gasteiger partial charge in [0.2, 0.25) is 9.84 Å². The first kappa shape index (κ1) is 19.1. The lowest BCUT2D eigenvalue weighted by Crippen LogP contribution is -2.03. The van der Waals surface area contributed by atoms with E-state index in [-0.39, 0.29) is 9.80 Å². The Morgan fingerprint density at radius 2 is 2.00 bits per heavy atom. The molecule has 0 N–H and O–H groups in total. The number of hydrogen-bond donors (Lipinski definition) is 0. The summed E-state index contributed by atoms with van der Waals surface area (Å²) in [6.45, 7) is 0. The molecule has 1 aromatic heterocycles. The summed E-state index contributed by atoms with van der Waals surface area (Å²) >= 11 is 7.15. The van der Waals surface area contributed by atoms with Crippen LogP contribution in [-0.2, 0) is 9.84 Å². The molecule has 2 aromatic carbocycles. The molecule has 0 unspecified atom stereocenters. The molecule has 0 aliphatic carbocycles. The Hall–Kier alpha value is -2.66. The standard InChI is InChI=1S/C19H13ClN2O3S2/c1-25-16-4-2-3-13(9-16)19-22-15(12-26-19)10-18(11-21)27(23,24)17-7-5-14(20)6-8-17/h2-10,12H,1H3/b18-10+. The Balaban J connectivity index is 1.96. The minimum absolute atomic E-state index is 0.00273. The van der Waals surface area contributed by atoms with Gasteiger partial charge in [0.15, 0.2) is 4.91 Å². The summed E-state index contributed by atoms with van der Waals surface area (Å²) in [7, 11) is -2.37. The molecule has 0 aliphatic rings. The van der Waals surface area contributed by atoms with Gasteiger partial charge in [0, 0.05) is 16.0 Å². The van der Waals surface area contributed by atoms with Gasteiger partial charge in [0.05, 0.1) is 17.7 Å². The number of nitrogens with zero attached hydrogens (tertiary/aromatic N) is 2. The minimum atomic E-state index is -3.95. The van der Waals surface area contributed by atoms with Crippen molar-refractivity contribution in [1.82, 2.24) is 4.98 Å². The predicted molar refractivity (Wildman–Crippen MR) is 106 cm³/mol. The molecule has 0 saturated heterocycles. The van der Waals surface area contributed by atoms with Gasteiger partial charge >= 0.3 is 0 Å². The first-order valence-electron chi connectivity index (χ1n) is 7.66. The summed E-state index contributed by atoms with van der Waals surface area (Å²) in [5.74, 6) is 0.697. The Morgan fingerprint density at radius 3 is 2.67 bits per heavy atom. The maximum Gasteiger partial charge on any atom is 0.216 e. The zero-order valence-corrected chi connectivity index (χ0v) is 16.5. The van der Waals surface area contributed by atoms with Crippen molar-refractivity contribution in [3.63, 3.8) is 0 Å². The third-order valence-electron chi connectivity index (χ3n) is 3.64. The molecule has 3 rings (SSSR count). The van der Waals surface area contributed by atoms with E-state index in [0.29, 0.717) is 21.5 Å². The van der Waals surface area contributed by atoms with Crippen molar-refractivity contribution in [3.05, 3.63) is 69.5 Å². The molecule has 0 spiro atoms. The Morgan fingerprint density at radius 1 is 1.26 bits per heavy atom. The fraction of sp³-hybridized carbons (Fsp3) is 0.0526. The number of rotatable bonds is 5. The number of sulfone groups is 1. The van der Waals surface area contributed by atoms with Crippen LogP contribution in [0.25, 0.3) is 16.6 Å². The van der Waals surface area contributed by atoms with Crippen LogP contribution in [0.1, 0.15) is 5.69 Å². The molecule has 8 heteroatoms. The second-order valence-electron chi connectivity index (χ2n) is 5.39. The van der Waals surface area contributed by atoms with Crippen LogP contribution in [0.3, 0.4) is 0 Å². The van der Waals surface area contributed by atoms with Crippen LogP contribution in [0.2, 0.25) is 5.02 Å². The zero-order chi connectivity index (χ0) is 19.4.